The van der Waals surface area contributed by atoms with Crippen molar-refractivity contribution < 1.29 is 9.53 Å². The number of aromatic nitrogens is 3. The summed E-state index contributed by atoms with van der Waals surface area (Å²) in [6.07, 6.45) is 3.87. The van der Waals surface area contributed by atoms with E-state index in [2.05, 4.69) is 41.6 Å². The number of rotatable bonds is 4. The molecular formula is C22H32ClN5O2. The Morgan fingerprint density at radius 2 is 1.77 bits per heavy atom. The molecule has 2 fully saturated rings. The summed E-state index contributed by atoms with van der Waals surface area (Å²) in [6, 6.07) is 6.55. The molecule has 0 saturated carbocycles. The molecule has 2 aliphatic rings. The number of aryl methyl sites for hydroxylation is 2. The van der Waals surface area contributed by atoms with Gasteiger partial charge in [0.25, 0.3) is 5.91 Å². The number of ether oxygens (including phenoxy) is 1. The van der Waals surface area contributed by atoms with E-state index >= 15 is 0 Å². The second-order valence-electron chi connectivity index (χ2n) is 8.30. The molecule has 164 valence electrons. The smallest absolute Gasteiger partial charge is 0.276 e. The molecule has 0 atom stereocenters. The number of carbonyl (C=O) groups excluding carboxylic acids is 1. The summed E-state index contributed by atoms with van der Waals surface area (Å²) < 4.78 is 8.10. The molecule has 2 aromatic rings. The predicted molar refractivity (Wildman–Crippen MR) is 119 cm³/mol. The number of hydrogen-bond donors (Lipinski definition) is 1. The number of hydrogen-bond acceptors (Lipinski definition) is 5. The molecule has 1 aromatic heterocycles. The average molecular weight is 434 g/mol. The first-order valence-corrected chi connectivity index (χ1v) is 10.7. The van der Waals surface area contributed by atoms with Gasteiger partial charge in [0.05, 0.1) is 11.7 Å². The van der Waals surface area contributed by atoms with Crippen molar-refractivity contribution in [3.63, 3.8) is 0 Å². The van der Waals surface area contributed by atoms with Crippen LogP contribution in [0.5, 0.6) is 5.75 Å². The molecule has 2 saturated heterocycles. The maximum atomic E-state index is 13.0. The van der Waals surface area contributed by atoms with Crippen LogP contribution in [-0.2, 0) is 0 Å². The third-order valence-corrected chi connectivity index (χ3v) is 6.29. The number of carbonyl (C=O) groups is 1. The average Bonchev–Trinajstić information content (AvgIpc) is 3.13. The fraction of sp³-hybridized carbons (Fsp3) is 0.591. The summed E-state index contributed by atoms with van der Waals surface area (Å²) in [5, 5.41) is 11.9. The lowest BCUT2D eigenvalue weighted by Gasteiger charge is -2.32. The first kappa shape index (κ1) is 22.6. The van der Waals surface area contributed by atoms with Crippen molar-refractivity contribution in [3.8, 4) is 5.75 Å². The maximum absolute atomic E-state index is 13.0. The van der Waals surface area contributed by atoms with E-state index < -0.39 is 0 Å². The third-order valence-electron chi connectivity index (χ3n) is 6.29. The zero-order chi connectivity index (χ0) is 20.4. The van der Waals surface area contributed by atoms with Gasteiger partial charge in [-0.2, -0.15) is 0 Å². The summed E-state index contributed by atoms with van der Waals surface area (Å²) in [6.45, 7) is 9.52. The second kappa shape index (κ2) is 9.79. The molecule has 3 heterocycles. The molecule has 1 N–H and O–H groups in total. The number of nitrogens with one attached hydrogen (secondary N) is 1. The first-order chi connectivity index (χ1) is 14.0. The van der Waals surface area contributed by atoms with Crippen LogP contribution in [0.4, 0.5) is 0 Å². The minimum Gasteiger partial charge on any atom is -0.490 e. The number of likely N-dealkylation sites (tertiary alicyclic amines) is 1. The molecule has 30 heavy (non-hydrogen) atoms. The van der Waals surface area contributed by atoms with Crippen molar-refractivity contribution in [2.24, 2.45) is 0 Å². The molecule has 0 bridgehead atoms. The van der Waals surface area contributed by atoms with E-state index in [0.29, 0.717) is 24.8 Å². The van der Waals surface area contributed by atoms with Crippen molar-refractivity contribution in [2.75, 3.05) is 26.2 Å². The SMILES string of the molecule is Cc1ccc(OC2CCN(C(=O)c3nnn(C4CCNCC4)c3C)CC2)cc1C.Cl. The molecule has 1 amide bonds. The molecule has 4 rings (SSSR count). The Labute approximate surface area is 184 Å². The van der Waals surface area contributed by atoms with Crippen molar-refractivity contribution in [3.05, 3.63) is 40.7 Å². The molecular weight excluding hydrogens is 402 g/mol. The van der Waals surface area contributed by atoms with Crippen LogP contribution >= 0.6 is 12.4 Å². The van der Waals surface area contributed by atoms with Gasteiger partial charge in [-0.25, -0.2) is 4.68 Å². The van der Waals surface area contributed by atoms with Crippen LogP contribution in [0.2, 0.25) is 0 Å². The topological polar surface area (TPSA) is 72.3 Å². The molecule has 0 spiro atoms. The lowest BCUT2D eigenvalue weighted by Crippen LogP contribution is -2.42. The summed E-state index contributed by atoms with van der Waals surface area (Å²) in [4.78, 5) is 14.9. The maximum Gasteiger partial charge on any atom is 0.276 e. The normalized spacial score (nSPS) is 18.2. The van der Waals surface area contributed by atoms with Gasteiger partial charge in [-0.05, 0) is 70.0 Å². The van der Waals surface area contributed by atoms with E-state index in [1.807, 2.05) is 22.6 Å². The van der Waals surface area contributed by atoms with E-state index in [1.165, 1.54) is 11.1 Å². The van der Waals surface area contributed by atoms with Crippen LogP contribution in [0.1, 0.15) is 59.0 Å². The minimum atomic E-state index is -0.00712. The van der Waals surface area contributed by atoms with Crippen molar-refractivity contribution in [1.82, 2.24) is 25.2 Å². The van der Waals surface area contributed by atoms with Crippen molar-refractivity contribution >= 4 is 18.3 Å². The zero-order valence-electron chi connectivity index (χ0n) is 18.1. The number of halogens is 1. The van der Waals surface area contributed by atoms with Gasteiger partial charge in [-0.15, -0.1) is 17.5 Å². The van der Waals surface area contributed by atoms with Crippen molar-refractivity contribution in [1.29, 1.82) is 0 Å². The Morgan fingerprint density at radius 1 is 1.07 bits per heavy atom. The van der Waals surface area contributed by atoms with E-state index in [9.17, 15) is 4.79 Å². The molecule has 2 aliphatic heterocycles. The van der Waals surface area contributed by atoms with Gasteiger partial charge in [0.15, 0.2) is 5.69 Å². The lowest BCUT2D eigenvalue weighted by atomic mass is 10.1. The number of benzene rings is 1. The highest BCUT2D eigenvalue weighted by atomic mass is 35.5. The van der Waals surface area contributed by atoms with Gasteiger partial charge in [0.1, 0.15) is 11.9 Å². The second-order valence-corrected chi connectivity index (χ2v) is 8.30. The number of amides is 1. The fourth-order valence-corrected chi connectivity index (χ4v) is 4.24. The standard InChI is InChI=1S/C22H31N5O2.ClH/c1-15-4-5-20(14-16(15)2)29-19-8-12-26(13-9-19)22(28)21-17(3)27(25-24-21)18-6-10-23-11-7-18;/h4-5,14,18-19,23H,6-13H2,1-3H3;1H. The van der Waals surface area contributed by atoms with Crippen LogP contribution < -0.4 is 10.1 Å². The van der Waals surface area contributed by atoms with E-state index in [0.717, 1.165) is 50.2 Å². The van der Waals surface area contributed by atoms with Crippen LogP contribution in [0.3, 0.4) is 0 Å². The van der Waals surface area contributed by atoms with Crippen LogP contribution in [0.25, 0.3) is 0 Å². The Balaban J connectivity index is 0.00000256. The van der Waals surface area contributed by atoms with E-state index in [4.69, 9.17) is 4.74 Å². The van der Waals surface area contributed by atoms with Gasteiger partial charge in [0.2, 0.25) is 0 Å². The van der Waals surface area contributed by atoms with E-state index in [-0.39, 0.29) is 24.4 Å². The van der Waals surface area contributed by atoms with Gasteiger partial charge >= 0.3 is 0 Å². The first-order valence-electron chi connectivity index (χ1n) is 10.7. The van der Waals surface area contributed by atoms with E-state index in [1.54, 1.807) is 0 Å². The Morgan fingerprint density at radius 3 is 2.43 bits per heavy atom. The summed E-state index contributed by atoms with van der Waals surface area (Å²) >= 11 is 0. The van der Waals surface area contributed by atoms with Crippen LogP contribution in [-0.4, -0.2) is 58.1 Å². The van der Waals surface area contributed by atoms with Gasteiger partial charge in [-0.1, -0.05) is 11.3 Å². The summed E-state index contributed by atoms with van der Waals surface area (Å²) in [5.41, 5.74) is 3.89. The van der Waals surface area contributed by atoms with Crippen molar-refractivity contribution in [2.45, 2.75) is 58.6 Å². The predicted octanol–water partition coefficient (Wildman–Crippen LogP) is 3.23. The monoisotopic (exact) mass is 433 g/mol. The Bertz CT molecular complexity index is 870. The molecule has 8 heteroatoms. The van der Waals surface area contributed by atoms with Crippen LogP contribution in [0.15, 0.2) is 18.2 Å². The molecule has 0 aliphatic carbocycles. The highest BCUT2D eigenvalue weighted by Gasteiger charge is 2.29. The molecule has 7 nitrogen and oxygen atoms in total. The number of nitrogens with zero attached hydrogens (tertiary/aromatic N) is 4. The third kappa shape index (κ3) is 4.78. The fourth-order valence-electron chi connectivity index (χ4n) is 4.24. The summed E-state index contributed by atoms with van der Waals surface area (Å²) in [7, 11) is 0. The highest BCUT2D eigenvalue weighted by molar-refractivity contribution is 5.93. The van der Waals surface area contributed by atoms with Gasteiger partial charge < -0.3 is 15.0 Å². The molecule has 0 radical (unpaired) electrons. The largest absolute Gasteiger partial charge is 0.490 e. The quantitative estimate of drug-likeness (QED) is 0.801. The Hall–Kier alpha value is -2.12. The number of piperidine rings is 2. The van der Waals surface area contributed by atoms with Gasteiger partial charge in [-0.3, -0.25) is 4.79 Å². The highest BCUT2D eigenvalue weighted by Crippen LogP contribution is 2.24. The molecule has 0 unspecified atom stereocenters. The zero-order valence-corrected chi connectivity index (χ0v) is 18.9. The lowest BCUT2D eigenvalue weighted by molar-refractivity contribution is 0.0589. The minimum absolute atomic E-state index is 0. The summed E-state index contributed by atoms with van der Waals surface area (Å²) in [5.74, 6) is 0.908. The Kier molecular flexibility index (Phi) is 7.36. The van der Waals surface area contributed by atoms with Gasteiger partial charge in [0, 0.05) is 25.9 Å². The molecule has 1 aromatic carbocycles. The van der Waals surface area contributed by atoms with Crippen LogP contribution in [0, 0.1) is 20.8 Å².